The first-order valence-corrected chi connectivity index (χ1v) is 8.90. The van der Waals surface area contributed by atoms with Crippen molar-refractivity contribution in [2.24, 2.45) is 5.92 Å². The second-order valence-electron chi connectivity index (χ2n) is 7.11. The van der Waals surface area contributed by atoms with Crippen LogP contribution in [0.5, 0.6) is 0 Å². The molecule has 1 atom stereocenters. The van der Waals surface area contributed by atoms with Crippen molar-refractivity contribution in [1.29, 1.82) is 0 Å². The Balaban J connectivity index is 1.78. The molecule has 2 fully saturated rings. The van der Waals surface area contributed by atoms with Gasteiger partial charge in [0, 0.05) is 23.3 Å². The molecule has 0 bridgehead atoms. The van der Waals surface area contributed by atoms with Crippen molar-refractivity contribution in [3.05, 3.63) is 29.3 Å². The molecule has 0 aromatic heterocycles. The Kier molecular flexibility index (Phi) is 4.83. The van der Waals surface area contributed by atoms with Gasteiger partial charge in [-0.1, -0.05) is 25.4 Å². The summed E-state index contributed by atoms with van der Waals surface area (Å²) >= 11 is 5.92. The van der Waals surface area contributed by atoms with Crippen molar-refractivity contribution in [3.63, 3.8) is 0 Å². The third-order valence-electron chi connectivity index (χ3n) is 4.54. The number of urea groups is 1. The number of carbonyl (C=O) groups is 2. The Bertz CT molecular complexity index is 628. The normalized spacial score (nSPS) is 21.5. The zero-order chi connectivity index (χ0) is 17.4. The number of anilines is 1. The molecular formula is C18H24ClN3O2. The molecule has 24 heavy (non-hydrogen) atoms. The number of hydrogen-bond donors (Lipinski definition) is 0. The fourth-order valence-electron chi connectivity index (χ4n) is 3.20. The maximum atomic E-state index is 12.8. The number of hydrogen-bond acceptors (Lipinski definition) is 3. The quantitative estimate of drug-likeness (QED) is 0.737. The zero-order valence-corrected chi connectivity index (χ0v) is 15.2. The fourth-order valence-corrected chi connectivity index (χ4v) is 3.33. The summed E-state index contributed by atoms with van der Waals surface area (Å²) in [4.78, 5) is 30.7. The molecule has 3 rings (SSSR count). The third-order valence-corrected chi connectivity index (χ3v) is 4.79. The maximum Gasteiger partial charge on any atom is 0.333 e. The van der Waals surface area contributed by atoms with Gasteiger partial charge in [0.05, 0.1) is 6.67 Å². The lowest BCUT2D eigenvalue weighted by molar-refractivity contribution is -0.128. The van der Waals surface area contributed by atoms with Crippen LogP contribution in [0, 0.1) is 5.92 Å². The average molecular weight is 350 g/mol. The number of nitrogens with zero attached hydrogens (tertiary/aromatic N) is 3. The molecule has 1 saturated carbocycles. The molecule has 1 saturated heterocycles. The SMILES string of the molecule is CC(C)CN(CN1C(=O)C(C)N(c2ccc(Cl)cc2)C1=O)C1CC1. The standard InChI is InChI=1S/C18H24ClN3O2/c1-12(2)10-20(15-8-9-15)11-21-17(23)13(3)22(18(21)24)16-6-4-14(19)5-7-16/h4-7,12-13,15H,8-11H2,1-3H3. The molecule has 1 aromatic rings. The highest BCUT2D eigenvalue weighted by Gasteiger charge is 2.45. The minimum Gasteiger partial charge on any atom is -0.282 e. The molecular weight excluding hydrogens is 326 g/mol. The van der Waals surface area contributed by atoms with Gasteiger partial charge in [0.15, 0.2) is 0 Å². The molecule has 6 heteroatoms. The lowest BCUT2D eigenvalue weighted by Crippen LogP contribution is -2.44. The minimum atomic E-state index is -0.487. The van der Waals surface area contributed by atoms with E-state index in [1.165, 1.54) is 4.90 Å². The summed E-state index contributed by atoms with van der Waals surface area (Å²) in [6, 6.07) is 6.80. The Hall–Kier alpha value is -1.59. The van der Waals surface area contributed by atoms with Gasteiger partial charge in [0.25, 0.3) is 5.91 Å². The van der Waals surface area contributed by atoms with Crippen LogP contribution < -0.4 is 4.90 Å². The predicted molar refractivity (Wildman–Crippen MR) is 95.1 cm³/mol. The molecule has 1 aliphatic heterocycles. The molecule has 1 aliphatic carbocycles. The Morgan fingerprint density at radius 2 is 1.83 bits per heavy atom. The first kappa shape index (κ1) is 17.2. The average Bonchev–Trinajstić information content (AvgIpc) is 3.34. The van der Waals surface area contributed by atoms with Crippen LogP contribution in [0.2, 0.25) is 5.02 Å². The molecule has 130 valence electrons. The van der Waals surface area contributed by atoms with E-state index in [0.29, 0.717) is 29.3 Å². The number of amides is 3. The first-order valence-electron chi connectivity index (χ1n) is 8.52. The number of benzene rings is 1. The highest BCUT2D eigenvalue weighted by molar-refractivity contribution is 6.30. The van der Waals surface area contributed by atoms with Crippen molar-refractivity contribution in [3.8, 4) is 0 Å². The van der Waals surface area contributed by atoms with Crippen molar-refractivity contribution in [2.45, 2.75) is 45.7 Å². The number of rotatable bonds is 6. The Labute approximate surface area is 148 Å². The van der Waals surface area contributed by atoms with Gasteiger partial charge < -0.3 is 0 Å². The van der Waals surface area contributed by atoms with E-state index < -0.39 is 6.04 Å². The number of imide groups is 1. The van der Waals surface area contributed by atoms with Crippen molar-refractivity contribution in [1.82, 2.24) is 9.80 Å². The predicted octanol–water partition coefficient (Wildman–Crippen LogP) is 3.58. The van der Waals surface area contributed by atoms with Crippen molar-refractivity contribution in [2.75, 3.05) is 18.1 Å². The molecule has 0 N–H and O–H groups in total. The van der Waals surface area contributed by atoms with Crippen LogP contribution in [0.25, 0.3) is 0 Å². The van der Waals surface area contributed by atoms with E-state index in [1.54, 1.807) is 36.1 Å². The van der Waals surface area contributed by atoms with E-state index in [4.69, 9.17) is 11.6 Å². The van der Waals surface area contributed by atoms with Crippen LogP contribution in [0.4, 0.5) is 10.5 Å². The number of halogens is 1. The highest BCUT2D eigenvalue weighted by atomic mass is 35.5. The van der Waals surface area contributed by atoms with Crippen LogP contribution in [-0.4, -0.2) is 47.0 Å². The second-order valence-corrected chi connectivity index (χ2v) is 7.55. The van der Waals surface area contributed by atoms with Crippen LogP contribution in [-0.2, 0) is 4.79 Å². The van der Waals surface area contributed by atoms with Crippen molar-refractivity contribution >= 4 is 29.2 Å². The van der Waals surface area contributed by atoms with Gasteiger partial charge >= 0.3 is 6.03 Å². The summed E-state index contributed by atoms with van der Waals surface area (Å²) in [6.07, 6.45) is 2.30. The molecule has 5 nitrogen and oxygen atoms in total. The van der Waals surface area contributed by atoms with E-state index in [9.17, 15) is 9.59 Å². The molecule has 3 amide bonds. The summed E-state index contributed by atoms with van der Waals surface area (Å²) in [6.45, 7) is 7.38. The molecule has 1 aromatic carbocycles. The van der Waals surface area contributed by atoms with Gasteiger partial charge in [-0.3, -0.25) is 14.6 Å². The van der Waals surface area contributed by atoms with Gasteiger partial charge in [0.1, 0.15) is 6.04 Å². The van der Waals surface area contributed by atoms with E-state index in [2.05, 4.69) is 18.7 Å². The monoisotopic (exact) mass is 349 g/mol. The summed E-state index contributed by atoms with van der Waals surface area (Å²) in [5.41, 5.74) is 0.703. The van der Waals surface area contributed by atoms with Gasteiger partial charge in [0.2, 0.25) is 0 Å². The third kappa shape index (κ3) is 3.42. The van der Waals surface area contributed by atoms with Crippen LogP contribution >= 0.6 is 11.6 Å². The lowest BCUT2D eigenvalue weighted by atomic mass is 10.2. The molecule has 0 radical (unpaired) electrons. The summed E-state index contributed by atoms with van der Waals surface area (Å²) < 4.78 is 0. The van der Waals surface area contributed by atoms with Gasteiger partial charge in [-0.15, -0.1) is 0 Å². The van der Waals surface area contributed by atoms with E-state index in [1.807, 2.05) is 0 Å². The van der Waals surface area contributed by atoms with E-state index in [0.717, 1.165) is 19.4 Å². The topological polar surface area (TPSA) is 43.9 Å². The smallest absolute Gasteiger partial charge is 0.282 e. The Morgan fingerprint density at radius 1 is 1.21 bits per heavy atom. The summed E-state index contributed by atoms with van der Waals surface area (Å²) in [5, 5.41) is 0.609. The van der Waals surface area contributed by atoms with Crippen LogP contribution in [0.15, 0.2) is 24.3 Å². The molecule has 1 heterocycles. The van der Waals surface area contributed by atoms with Crippen LogP contribution in [0.1, 0.15) is 33.6 Å². The largest absolute Gasteiger partial charge is 0.333 e. The summed E-state index contributed by atoms with van der Waals surface area (Å²) in [5.74, 6) is 0.368. The second kappa shape index (κ2) is 6.73. The maximum absolute atomic E-state index is 12.8. The van der Waals surface area contributed by atoms with E-state index >= 15 is 0 Å². The molecule has 0 spiro atoms. The molecule has 2 aliphatic rings. The minimum absolute atomic E-state index is 0.135. The van der Waals surface area contributed by atoms with Gasteiger partial charge in [-0.25, -0.2) is 9.69 Å². The lowest BCUT2D eigenvalue weighted by Gasteiger charge is -2.28. The van der Waals surface area contributed by atoms with E-state index in [-0.39, 0.29) is 11.9 Å². The fraction of sp³-hybridized carbons (Fsp3) is 0.556. The molecule has 1 unspecified atom stereocenters. The summed E-state index contributed by atoms with van der Waals surface area (Å²) in [7, 11) is 0. The Morgan fingerprint density at radius 3 is 2.38 bits per heavy atom. The van der Waals surface area contributed by atoms with Gasteiger partial charge in [-0.2, -0.15) is 0 Å². The zero-order valence-electron chi connectivity index (χ0n) is 14.4. The first-order chi connectivity index (χ1) is 11.4. The van der Waals surface area contributed by atoms with Crippen LogP contribution in [0.3, 0.4) is 0 Å². The van der Waals surface area contributed by atoms with Crippen molar-refractivity contribution < 1.29 is 9.59 Å². The highest BCUT2D eigenvalue weighted by Crippen LogP contribution is 2.31. The van der Waals surface area contributed by atoms with Gasteiger partial charge in [-0.05, 0) is 49.9 Å². The number of carbonyl (C=O) groups excluding carboxylic acids is 2.